The van der Waals surface area contributed by atoms with E-state index in [-0.39, 0.29) is 29.8 Å². The first-order chi connectivity index (χ1) is 15.4. The Bertz CT molecular complexity index is 1250. The molecule has 0 saturated carbocycles. The number of rotatable bonds is 5. The molecule has 0 bridgehead atoms. The van der Waals surface area contributed by atoms with Gasteiger partial charge < -0.3 is 5.32 Å². The molecule has 9 heteroatoms. The summed E-state index contributed by atoms with van der Waals surface area (Å²) in [6.07, 6.45) is 0.912. The van der Waals surface area contributed by atoms with Crippen LogP contribution in [-0.2, 0) is 14.8 Å². The minimum atomic E-state index is -3.64. The van der Waals surface area contributed by atoms with Crippen molar-refractivity contribution in [3.8, 4) is 17.3 Å². The Hall–Kier alpha value is -3.06. The topological polar surface area (TPSA) is 103 Å². The zero-order valence-corrected chi connectivity index (χ0v) is 19.1. The van der Waals surface area contributed by atoms with Crippen LogP contribution in [0.15, 0.2) is 58.8 Å². The first kappa shape index (κ1) is 22.1. The second-order valence-corrected chi connectivity index (χ2v) is 10.6. The lowest BCUT2D eigenvalue weighted by Gasteiger charge is -2.30. The number of amides is 1. The molecule has 1 fully saturated rings. The summed E-state index contributed by atoms with van der Waals surface area (Å²) < 4.78 is 27.1. The molecule has 0 aliphatic carbocycles. The van der Waals surface area contributed by atoms with Crippen LogP contribution in [0.5, 0.6) is 0 Å². The van der Waals surface area contributed by atoms with Crippen LogP contribution in [0.3, 0.4) is 0 Å². The van der Waals surface area contributed by atoms with Crippen LogP contribution in [0.1, 0.15) is 23.4 Å². The van der Waals surface area contributed by atoms with Gasteiger partial charge in [-0.1, -0.05) is 12.1 Å². The van der Waals surface area contributed by atoms with Crippen molar-refractivity contribution >= 4 is 33.0 Å². The second kappa shape index (κ2) is 9.20. The van der Waals surface area contributed by atoms with Crippen molar-refractivity contribution in [2.45, 2.75) is 24.7 Å². The lowest BCUT2D eigenvalue weighted by Crippen LogP contribution is -2.41. The summed E-state index contributed by atoms with van der Waals surface area (Å²) in [5.41, 5.74) is 3.03. The largest absolute Gasteiger partial charge is 0.326 e. The number of nitrogens with one attached hydrogen (secondary N) is 1. The average molecular weight is 467 g/mol. The number of thiazole rings is 1. The number of hydrogen-bond acceptors (Lipinski definition) is 6. The molecule has 2 aromatic carbocycles. The molecule has 1 aliphatic heterocycles. The van der Waals surface area contributed by atoms with Crippen molar-refractivity contribution in [2.75, 3.05) is 18.4 Å². The van der Waals surface area contributed by atoms with Crippen molar-refractivity contribution in [1.29, 1.82) is 5.26 Å². The lowest BCUT2D eigenvalue weighted by atomic mass is 9.97. The molecule has 1 N–H and O–H groups in total. The third-order valence-corrected chi connectivity index (χ3v) is 8.20. The van der Waals surface area contributed by atoms with Gasteiger partial charge in [-0.3, -0.25) is 4.79 Å². The third-order valence-electron chi connectivity index (χ3n) is 5.51. The molecule has 1 amide bonds. The van der Waals surface area contributed by atoms with E-state index in [0.29, 0.717) is 24.1 Å². The Kier molecular flexibility index (Phi) is 6.37. The molecule has 7 nitrogen and oxygen atoms in total. The summed E-state index contributed by atoms with van der Waals surface area (Å²) in [6.45, 7) is 2.52. The number of anilines is 1. The summed E-state index contributed by atoms with van der Waals surface area (Å²) >= 11 is 1.59. The van der Waals surface area contributed by atoms with E-state index in [2.05, 4.69) is 10.3 Å². The van der Waals surface area contributed by atoms with E-state index in [1.54, 1.807) is 11.3 Å². The molecule has 3 aromatic rings. The standard InChI is InChI=1S/C23H22N4O3S2/c1-16-25-22(15-31-16)18-4-6-20(7-5-18)26-23(28)19-10-12-27(13-11-19)32(29,30)21-8-2-17(14-24)3-9-21/h2-9,15,19H,10-13H2,1H3,(H,26,28). The van der Waals surface area contributed by atoms with Gasteiger partial charge in [-0.15, -0.1) is 11.3 Å². The predicted octanol–water partition coefficient (Wildman–Crippen LogP) is 4.03. The van der Waals surface area contributed by atoms with E-state index in [0.717, 1.165) is 16.3 Å². The van der Waals surface area contributed by atoms with Crippen LogP contribution in [0.4, 0.5) is 5.69 Å². The van der Waals surface area contributed by atoms with Gasteiger partial charge in [-0.25, -0.2) is 13.4 Å². The highest BCUT2D eigenvalue weighted by Gasteiger charge is 2.32. The molecule has 1 aliphatic rings. The van der Waals surface area contributed by atoms with Crippen LogP contribution in [-0.4, -0.2) is 36.7 Å². The van der Waals surface area contributed by atoms with E-state index < -0.39 is 10.0 Å². The van der Waals surface area contributed by atoms with Gasteiger partial charge in [0.1, 0.15) is 0 Å². The molecular formula is C23H22N4O3S2. The molecule has 0 unspecified atom stereocenters. The number of nitrogens with zero attached hydrogens (tertiary/aromatic N) is 3. The van der Waals surface area contributed by atoms with Gasteiger partial charge in [0, 0.05) is 35.6 Å². The van der Waals surface area contributed by atoms with Crippen LogP contribution in [0.2, 0.25) is 0 Å². The summed E-state index contributed by atoms with van der Waals surface area (Å²) in [6, 6.07) is 15.4. The summed E-state index contributed by atoms with van der Waals surface area (Å²) in [7, 11) is -3.64. The molecule has 1 aromatic heterocycles. The summed E-state index contributed by atoms with van der Waals surface area (Å²) in [5, 5.41) is 14.8. The summed E-state index contributed by atoms with van der Waals surface area (Å²) in [5.74, 6) is -0.346. The maximum Gasteiger partial charge on any atom is 0.243 e. The van der Waals surface area contributed by atoms with Gasteiger partial charge in [0.2, 0.25) is 15.9 Å². The molecule has 164 valence electrons. The van der Waals surface area contributed by atoms with Crippen LogP contribution >= 0.6 is 11.3 Å². The zero-order chi connectivity index (χ0) is 22.7. The zero-order valence-electron chi connectivity index (χ0n) is 17.5. The van der Waals surface area contributed by atoms with E-state index >= 15 is 0 Å². The first-order valence-electron chi connectivity index (χ1n) is 10.2. The fraction of sp³-hybridized carbons (Fsp3) is 0.261. The van der Waals surface area contributed by atoms with Gasteiger partial charge in [-0.05, 0) is 56.2 Å². The summed E-state index contributed by atoms with van der Waals surface area (Å²) in [4.78, 5) is 17.3. The highest BCUT2D eigenvalue weighted by atomic mass is 32.2. The minimum Gasteiger partial charge on any atom is -0.326 e. The maximum atomic E-state index is 12.8. The Labute approximate surface area is 191 Å². The van der Waals surface area contributed by atoms with Crippen molar-refractivity contribution < 1.29 is 13.2 Å². The average Bonchev–Trinajstić information content (AvgIpc) is 3.26. The Morgan fingerprint density at radius 3 is 2.34 bits per heavy atom. The van der Waals surface area contributed by atoms with Crippen molar-refractivity contribution in [1.82, 2.24) is 9.29 Å². The molecule has 32 heavy (non-hydrogen) atoms. The predicted molar refractivity (Wildman–Crippen MR) is 124 cm³/mol. The van der Waals surface area contributed by atoms with E-state index in [4.69, 9.17) is 5.26 Å². The maximum absolute atomic E-state index is 12.8. The number of benzene rings is 2. The fourth-order valence-electron chi connectivity index (χ4n) is 3.67. The highest BCUT2D eigenvalue weighted by molar-refractivity contribution is 7.89. The van der Waals surface area contributed by atoms with Gasteiger partial charge >= 0.3 is 0 Å². The Balaban J connectivity index is 1.34. The number of sulfonamides is 1. The van der Waals surface area contributed by atoms with E-state index in [1.165, 1.54) is 28.6 Å². The lowest BCUT2D eigenvalue weighted by molar-refractivity contribution is -0.120. The molecule has 2 heterocycles. The van der Waals surface area contributed by atoms with Crippen molar-refractivity contribution in [2.24, 2.45) is 5.92 Å². The van der Waals surface area contributed by atoms with E-state index in [9.17, 15) is 13.2 Å². The SMILES string of the molecule is Cc1nc(-c2ccc(NC(=O)C3CCN(S(=O)(=O)c4ccc(C#N)cc4)CC3)cc2)cs1. The van der Waals surface area contributed by atoms with Gasteiger partial charge in [0.25, 0.3) is 0 Å². The van der Waals surface area contributed by atoms with Crippen molar-refractivity contribution in [3.63, 3.8) is 0 Å². The third kappa shape index (κ3) is 4.72. The number of carbonyl (C=O) groups excluding carboxylic acids is 1. The van der Waals surface area contributed by atoms with E-state index in [1.807, 2.05) is 42.6 Å². The number of nitriles is 1. The van der Waals surface area contributed by atoms with Crippen LogP contribution < -0.4 is 5.32 Å². The number of piperidine rings is 1. The minimum absolute atomic E-state index is 0.0994. The molecule has 1 saturated heterocycles. The normalized spacial score (nSPS) is 15.2. The fourth-order valence-corrected chi connectivity index (χ4v) is 5.77. The molecule has 0 spiro atoms. The van der Waals surface area contributed by atoms with Crippen molar-refractivity contribution in [3.05, 3.63) is 64.5 Å². The number of aryl methyl sites for hydroxylation is 1. The van der Waals surface area contributed by atoms with Gasteiger partial charge in [-0.2, -0.15) is 9.57 Å². The monoisotopic (exact) mass is 466 g/mol. The Morgan fingerprint density at radius 2 is 1.78 bits per heavy atom. The number of aromatic nitrogens is 1. The molecular weight excluding hydrogens is 444 g/mol. The number of carbonyl (C=O) groups is 1. The molecule has 4 rings (SSSR count). The number of hydrogen-bond donors (Lipinski definition) is 1. The van der Waals surface area contributed by atoms with Gasteiger partial charge in [0.15, 0.2) is 0 Å². The smallest absolute Gasteiger partial charge is 0.243 e. The van der Waals surface area contributed by atoms with Crippen LogP contribution in [0.25, 0.3) is 11.3 Å². The molecule has 0 atom stereocenters. The quantitative estimate of drug-likeness (QED) is 0.611. The Morgan fingerprint density at radius 1 is 1.12 bits per heavy atom. The first-order valence-corrected chi connectivity index (χ1v) is 12.5. The second-order valence-electron chi connectivity index (χ2n) is 7.63. The van der Waals surface area contributed by atoms with Crippen LogP contribution in [0, 0.1) is 24.2 Å². The van der Waals surface area contributed by atoms with Gasteiger partial charge in [0.05, 0.1) is 27.2 Å². The molecule has 0 radical (unpaired) electrons. The highest BCUT2D eigenvalue weighted by Crippen LogP contribution is 2.26.